The van der Waals surface area contributed by atoms with Crippen LogP contribution in [0.15, 0.2) is 30.3 Å². The molecule has 0 spiro atoms. The van der Waals surface area contributed by atoms with Crippen LogP contribution >= 0.6 is 0 Å². The van der Waals surface area contributed by atoms with Crippen LogP contribution in [0.25, 0.3) is 6.08 Å². The second-order valence-corrected chi connectivity index (χ2v) is 2.41. The number of benzene rings is 1. The van der Waals surface area contributed by atoms with Crippen molar-refractivity contribution in [2.45, 2.75) is 6.29 Å². The molecule has 2 nitrogen and oxygen atoms in total. The van der Waals surface area contributed by atoms with Crippen LogP contribution in [-0.4, -0.2) is 11.4 Å². The molecule has 0 amide bonds. The van der Waals surface area contributed by atoms with Crippen molar-refractivity contribution in [3.8, 4) is 5.75 Å². The van der Waals surface area contributed by atoms with E-state index in [2.05, 4.69) is 0 Å². The Balaban J connectivity index is 2.46. The molecule has 1 atom stereocenters. The number of aliphatic hydroxyl groups excluding tert-OH is 1. The third kappa shape index (κ3) is 1.12. The van der Waals surface area contributed by atoms with E-state index >= 15 is 0 Å². The van der Waals surface area contributed by atoms with Gasteiger partial charge in [0, 0.05) is 5.56 Å². The fraction of sp³-hybridized carbons (Fsp3) is 0.111. The van der Waals surface area contributed by atoms with Crippen molar-refractivity contribution >= 4 is 6.08 Å². The lowest BCUT2D eigenvalue weighted by Gasteiger charge is -2.16. The molecule has 0 radical (unpaired) electrons. The Morgan fingerprint density at radius 2 is 2.09 bits per heavy atom. The van der Waals surface area contributed by atoms with E-state index in [1.165, 1.54) is 0 Å². The predicted molar refractivity (Wildman–Crippen MR) is 42.1 cm³/mol. The summed E-state index contributed by atoms with van der Waals surface area (Å²) < 4.78 is 5.10. The summed E-state index contributed by atoms with van der Waals surface area (Å²) in [5, 5.41) is 9.05. The zero-order valence-corrected chi connectivity index (χ0v) is 5.90. The number of rotatable bonds is 0. The van der Waals surface area contributed by atoms with Gasteiger partial charge in [0.1, 0.15) is 5.75 Å². The maximum atomic E-state index is 9.05. The fourth-order valence-corrected chi connectivity index (χ4v) is 1.08. The molecule has 1 N–H and O–H groups in total. The Bertz CT molecular complexity index is 291. The van der Waals surface area contributed by atoms with Gasteiger partial charge in [-0.25, -0.2) is 0 Å². The van der Waals surface area contributed by atoms with Crippen molar-refractivity contribution < 1.29 is 9.84 Å². The lowest BCUT2D eigenvalue weighted by molar-refractivity contribution is 0.0231. The first kappa shape index (κ1) is 6.43. The summed E-state index contributed by atoms with van der Waals surface area (Å²) in [5.74, 6) is 0.738. The van der Waals surface area contributed by atoms with Gasteiger partial charge >= 0.3 is 0 Å². The average Bonchev–Trinajstić information content (AvgIpc) is 2.04. The standard InChI is InChI=1S/C9H8O2/c10-9-6-5-7-3-1-2-4-8(7)11-9/h1-6,9-10H/t9-/m0/s1. The molecular formula is C9H8O2. The number of aliphatic hydroxyl groups is 1. The topological polar surface area (TPSA) is 29.5 Å². The molecule has 2 heteroatoms. The summed E-state index contributed by atoms with van der Waals surface area (Å²) in [5.41, 5.74) is 1.01. The second-order valence-electron chi connectivity index (χ2n) is 2.41. The van der Waals surface area contributed by atoms with Crippen LogP contribution in [0.3, 0.4) is 0 Å². The van der Waals surface area contributed by atoms with Crippen LogP contribution in [0.2, 0.25) is 0 Å². The summed E-state index contributed by atoms with van der Waals surface area (Å²) in [4.78, 5) is 0. The van der Waals surface area contributed by atoms with E-state index in [0.29, 0.717) is 0 Å². The van der Waals surface area contributed by atoms with Crippen molar-refractivity contribution in [2.24, 2.45) is 0 Å². The Morgan fingerprint density at radius 3 is 3.00 bits per heavy atom. The molecule has 0 saturated carbocycles. The first-order valence-electron chi connectivity index (χ1n) is 3.48. The fourth-order valence-electron chi connectivity index (χ4n) is 1.08. The van der Waals surface area contributed by atoms with E-state index in [1.807, 2.05) is 30.3 Å². The maximum Gasteiger partial charge on any atom is 0.217 e. The Morgan fingerprint density at radius 1 is 1.27 bits per heavy atom. The van der Waals surface area contributed by atoms with Crippen LogP contribution < -0.4 is 4.74 Å². The molecule has 0 aliphatic carbocycles. The van der Waals surface area contributed by atoms with E-state index in [9.17, 15) is 0 Å². The molecule has 1 aromatic rings. The molecule has 56 valence electrons. The minimum atomic E-state index is -0.787. The molecule has 0 aromatic heterocycles. The Kier molecular flexibility index (Phi) is 1.40. The zero-order valence-electron chi connectivity index (χ0n) is 5.90. The smallest absolute Gasteiger partial charge is 0.217 e. The third-order valence-electron chi connectivity index (χ3n) is 1.61. The molecule has 0 fully saturated rings. The van der Waals surface area contributed by atoms with Gasteiger partial charge in [0.25, 0.3) is 0 Å². The van der Waals surface area contributed by atoms with Gasteiger partial charge in [-0.1, -0.05) is 18.2 Å². The number of ether oxygens (including phenoxy) is 1. The summed E-state index contributed by atoms with van der Waals surface area (Å²) in [6, 6.07) is 7.59. The highest BCUT2D eigenvalue weighted by molar-refractivity contribution is 5.59. The molecule has 1 aromatic carbocycles. The molecule has 11 heavy (non-hydrogen) atoms. The minimum absolute atomic E-state index is 0.738. The lowest BCUT2D eigenvalue weighted by Crippen LogP contribution is -2.15. The summed E-state index contributed by atoms with van der Waals surface area (Å²) in [6.45, 7) is 0. The van der Waals surface area contributed by atoms with Crippen LogP contribution in [0.5, 0.6) is 5.75 Å². The molecule has 1 aliphatic heterocycles. The quantitative estimate of drug-likeness (QED) is 0.602. The van der Waals surface area contributed by atoms with Crippen molar-refractivity contribution in [1.29, 1.82) is 0 Å². The average molecular weight is 148 g/mol. The number of hydrogen-bond donors (Lipinski definition) is 1. The van der Waals surface area contributed by atoms with E-state index in [0.717, 1.165) is 11.3 Å². The molecule has 0 unspecified atom stereocenters. The molecule has 1 heterocycles. The zero-order chi connectivity index (χ0) is 7.68. The Labute approximate surface area is 64.7 Å². The summed E-state index contributed by atoms with van der Waals surface area (Å²) >= 11 is 0. The van der Waals surface area contributed by atoms with Gasteiger partial charge in [-0.05, 0) is 18.2 Å². The summed E-state index contributed by atoms with van der Waals surface area (Å²) in [7, 11) is 0. The van der Waals surface area contributed by atoms with Gasteiger partial charge in [-0.15, -0.1) is 0 Å². The van der Waals surface area contributed by atoms with Crippen LogP contribution in [0, 0.1) is 0 Å². The van der Waals surface area contributed by atoms with Gasteiger partial charge in [-0.3, -0.25) is 0 Å². The molecule has 1 aliphatic rings. The van der Waals surface area contributed by atoms with Gasteiger partial charge in [0.05, 0.1) is 0 Å². The SMILES string of the molecule is O[C@@H]1C=Cc2ccccc2O1. The van der Waals surface area contributed by atoms with E-state index in [1.54, 1.807) is 6.08 Å². The first-order chi connectivity index (χ1) is 5.36. The molecular weight excluding hydrogens is 140 g/mol. The van der Waals surface area contributed by atoms with Gasteiger partial charge in [0.15, 0.2) is 0 Å². The minimum Gasteiger partial charge on any atom is -0.461 e. The predicted octanol–water partition coefficient (Wildman–Crippen LogP) is 1.41. The van der Waals surface area contributed by atoms with E-state index in [4.69, 9.17) is 9.84 Å². The lowest BCUT2D eigenvalue weighted by atomic mass is 10.1. The van der Waals surface area contributed by atoms with Crippen molar-refractivity contribution in [3.63, 3.8) is 0 Å². The maximum absolute atomic E-state index is 9.05. The van der Waals surface area contributed by atoms with Crippen molar-refractivity contribution in [1.82, 2.24) is 0 Å². The first-order valence-corrected chi connectivity index (χ1v) is 3.48. The van der Waals surface area contributed by atoms with Crippen LogP contribution in [0.4, 0.5) is 0 Å². The van der Waals surface area contributed by atoms with Crippen LogP contribution in [-0.2, 0) is 0 Å². The Hall–Kier alpha value is -1.28. The third-order valence-corrected chi connectivity index (χ3v) is 1.61. The molecule has 0 bridgehead atoms. The highest BCUT2D eigenvalue weighted by Gasteiger charge is 2.09. The number of para-hydroxylation sites is 1. The summed E-state index contributed by atoms with van der Waals surface area (Å²) in [6.07, 6.45) is 2.68. The second kappa shape index (κ2) is 2.40. The monoisotopic (exact) mass is 148 g/mol. The van der Waals surface area contributed by atoms with Crippen molar-refractivity contribution in [2.75, 3.05) is 0 Å². The number of hydrogen-bond acceptors (Lipinski definition) is 2. The highest BCUT2D eigenvalue weighted by atomic mass is 16.6. The van der Waals surface area contributed by atoms with Crippen molar-refractivity contribution in [3.05, 3.63) is 35.9 Å². The highest BCUT2D eigenvalue weighted by Crippen LogP contribution is 2.24. The molecule has 2 rings (SSSR count). The van der Waals surface area contributed by atoms with E-state index < -0.39 is 6.29 Å². The van der Waals surface area contributed by atoms with Gasteiger partial charge in [0.2, 0.25) is 6.29 Å². The number of fused-ring (bicyclic) bond motifs is 1. The van der Waals surface area contributed by atoms with E-state index in [-0.39, 0.29) is 0 Å². The normalized spacial score (nSPS) is 20.6. The molecule has 0 saturated heterocycles. The van der Waals surface area contributed by atoms with Crippen LogP contribution in [0.1, 0.15) is 5.56 Å². The van der Waals surface area contributed by atoms with Gasteiger partial charge < -0.3 is 9.84 Å². The van der Waals surface area contributed by atoms with Gasteiger partial charge in [-0.2, -0.15) is 0 Å². The largest absolute Gasteiger partial charge is 0.461 e.